The minimum atomic E-state index is -1.41. The Hall–Kier alpha value is -3.07. The summed E-state index contributed by atoms with van der Waals surface area (Å²) in [5.74, 6) is -0.998. The van der Waals surface area contributed by atoms with Gasteiger partial charge in [0.25, 0.3) is 5.91 Å². The van der Waals surface area contributed by atoms with Crippen molar-refractivity contribution in [1.29, 1.82) is 0 Å². The molecule has 2 fully saturated rings. The molecule has 0 unspecified atom stereocenters. The summed E-state index contributed by atoms with van der Waals surface area (Å²) in [6, 6.07) is 11.3. The van der Waals surface area contributed by atoms with Crippen LogP contribution in [0.1, 0.15) is 25.5 Å². The monoisotopic (exact) mass is 514 g/mol. The average molecular weight is 515 g/mol. The molecule has 33 heavy (non-hydrogen) atoms. The van der Waals surface area contributed by atoms with Crippen LogP contribution in [0.25, 0.3) is 0 Å². The summed E-state index contributed by atoms with van der Waals surface area (Å²) >= 11 is 3.49. The highest BCUT2D eigenvalue weighted by molar-refractivity contribution is 9.10. The van der Waals surface area contributed by atoms with E-state index in [2.05, 4.69) is 15.9 Å². The number of imide groups is 1. The Morgan fingerprint density at radius 3 is 2.61 bits per heavy atom. The smallest absolute Gasteiger partial charge is 0.332 e. The van der Waals surface area contributed by atoms with Crippen LogP contribution in [0.4, 0.5) is 10.5 Å². The van der Waals surface area contributed by atoms with Crippen molar-refractivity contribution in [2.75, 3.05) is 25.2 Å². The molecule has 3 amide bonds. The Kier molecular flexibility index (Phi) is 5.12. The summed E-state index contributed by atoms with van der Waals surface area (Å²) in [6.07, 6.45) is 0. The van der Waals surface area contributed by atoms with Crippen molar-refractivity contribution >= 4 is 39.5 Å². The number of hydrogen-bond donors (Lipinski definition) is 0. The first-order valence-electron chi connectivity index (χ1n) is 10.7. The predicted molar refractivity (Wildman–Crippen MR) is 122 cm³/mol. The van der Waals surface area contributed by atoms with Gasteiger partial charge >= 0.3 is 12.0 Å². The fourth-order valence-corrected chi connectivity index (χ4v) is 5.80. The molecule has 3 aliphatic heterocycles. The van der Waals surface area contributed by atoms with Gasteiger partial charge in [0.15, 0.2) is 0 Å². The van der Waals surface area contributed by atoms with Gasteiger partial charge in [0.1, 0.15) is 17.0 Å². The van der Waals surface area contributed by atoms with Crippen molar-refractivity contribution in [3.63, 3.8) is 0 Å². The molecular weight excluding hydrogens is 492 g/mol. The van der Waals surface area contributed by atoms with Gasteiger partial charge in [-0.15, -0.1) is 0 Å². The molecule has 0 saturated carbocycles. The van der Waals surface area contributed by atoms with E-state index in [0.29, 0.717) is 17.2 Å². The summed E-state index contributed by atoms with van der Waals surface area (Å²) < 4.78 is 17.4. The van der Waals surface area contributed by atoms with Crippen molar-refractivity contribution in [1.82, 2.24) is 4.90 Å². The zero-order valence-corrected chi connectivity index (χ0v) is 20.0. The lowest BCUT2D eigenvalue weighted by Crippen LogP contribution is -2.51. The minimum Gasteiger partial charge on any atom is -0.497 e. The summed E-state index contributed by atoms with van der Waals surface area (Å²) in [5, 5.41) is 0. The Balaban J connectivity index is 1.66. The van der Waals surface area contributed by atoms with Crippen LogP contribution in [0.3, 0.4) is 0 Å². The van der Waals surface area contributed by atoms with Gasteiger partial charge in [-0.2, -0.15) is 0 Å². The van der Waals surface area contributed by atoms with Crippen LogP contribution in [0.15, 0.2) is 46.9 Å². The molecule has 2 aromatic carbocycles. The standard InChI is InChI=1S/C24H23BrN2O6/c1-4-32-21(28)19-17-12-33-18-10-5-13(25)11-16(18)20(17)27-23(30)26(22(29)24(19,27)2)14-6-8-15(31-3)9-7-14/h5-11,17,19-20H,4,12H2,1-3H3/t17-,19+,20+,24-/m1/s1. The number of carbonyl (C=O) groups is 3. The highest BCUT2D eigenvalue weighted by Gasteiger charge is 2.72. The van der Waals surface area contributed by atoms with E-state index >= 15 is 0 Å². The molecule has 9 heteroatoms. The first kappa shape index (κ1) is 21.8. The highest BCUT2D eigenvalue weighted by Crippen LogP contribution is 2.58. The summed E-state index contributed by atoms with van der Waals surface area (Å²) in [7, 11) is 1.54. The molecule has 0 radical (unpaired) electrons. The number of halogens is 1. The van der Waals surface area contributed by atoms with Gasteiger partial charge in [-0.25, -0.2) is 9.69 Å². The SMILES string of the molecule is CCOC(=O)[C@@H]1[C@H]2COc3ccc(Br)cc3[C@@H]2N2C(=O)N(c3ccc(OC)cc3)C(=O)[C@@]12C. The molecule has 8 nitrogen and oxygen atoms in total. The maximum atomic E-state index is 13.9. The number of esters is 1. The first-order valence-corrected chi connectivity index (χ1v) is 11.5. The number of nitrogens with zero attached hydrogens (tertiary/aromatic N) is 2. The van der Waals surface area contributed by atoms with E-state index in [1.165, 1.54) is 0 Å². The molecule has 4 atom stereocenters. The van der Waals surface area contributed by atoms with Crippen LogP contribution in [0, 0.1) is 11.8 Å². The number of carbonyl (C=O) groups excluding carboxylic acids is 3. The fraction of sp³-hybridized carbons (Fsp3) is 0.375. The van der Waals surface area contributed by atoms with Crippen LogP contribution in [0.5, 0.6) is 11.5 Å². The van der Waals surface area contributed by atoms with Gasteiger partial charge in [0.05, 0.1) is 38.0 Å². The number of amides is 3. The van der Waals surface area contributed by atoms with Gasteiger partial charge in [-0.05, 0) is 56.3 Å². The van der Waals surface area contributed by atoms with Crippen LogP contribution in [-0.2, 0) is 14.3 Å². The molecule has 0 aliphatic carbocycles. The van der Waals surface area contributed by atoms with Crippen LogP contribution in [0.2, 0.25) is 0 Å². The van der Waals surface area contributed by atoms with Crippen molar-refractivity contribution in [3.05, 3.63) is 52.5 Å². The third-order valence-electron chi connectivity index (χ3n) is 6.84. The van der Waals surface area contributed by atoms with Gasteiger partial charge in [-0.3, -0.25) is 9.59 Å². The molecule has 0 N–H and O–H groups in total. The molecule has 0 aromatic heterocycles. The largest absolute Gasteiger partial charge is 0.497 e. The van der Waals surface area contributed by atoms with Crippen molar-refractivity contribution in [2.24, 2.45) is 11.8 Å². The molecule has 0 spiro atoms. The maximum Gasteiger partial charge on any atom is 0.332 e. The normalized spacial score (nSPS) is 27.6. The number of urea groups is 1. The molecule has 3 heterocycles. The van der Waals surface area contributed by atoms with Crippen molar-refractivity contribution in [2.45, 2.75) is 25.4 Å². The Morgan fingerprint density at radius 2 is 1.94 bits per heavy atom. The quantitative estimate of drug-likeness (QED) is 0.453. The summed E-state index contributed by atoms with van der Waals surface area (Å²) in [4.78, 5) is 43.6. The Labute approximate surface area is 199 Å². The zero-order valence-electron chi connectivity index (χ0n) is 18.4. The minimum absolute atomic E-state index is 0.177. The molecular formula is C24H23BrN2O6. The number of hydrogen-bond acceptors (Lipinski definition) is 6. The molecule has 2 saturated heterocycles. The third kappa shape index (κ3) is 2.98. The van der Waals surface area contributed by atoms with E-state index in [-0.39, 0.29) is 13.2 Å². The van der Waals surface area contributed by atoms with Crippen LogP contribution < -0.4 is 14.4 Å². The lowest BCUT2D eigenvalue weighted by atomic mass is 9.77. The fourth-order valence-electron chi connectivity index (χ4n) is 5.42. The molecule has 5 rings (SSSR count). The molecule has 0 bridgehead atoms. The highest BCUT2D eigenvalue weighted by atomic mass is 79.9. The Morgan fingerprint density at radius 1 is 1.21 bits per heavy atom. The van der Waals surface area contributed by atoms with E-state index < -0.39 is 41.3 Å². The molecule has 3 aliphatic rings. The van der Waals surface area contributed by atoms with Crippen molar-refractivity contribution < 1.29 is 28.6 Å². The van der Waals surface area contributed by atoms with E-state index in [0.717, 1.165) is 14.9 Å². The van der Waals surface area contributed by atoms with Gasteiger partial charge in [0.2, 0.25) is 0 Å². The number of fused-ring (bicyclic) bond motifs is 5. The molecule has 172 valence electrons. The van der Waals surface area contributed by atoms with E-state index in [1.54, 1.807) is 50.1 Å². The number of benzene rings is 2. The maximum absolute atomic E-state index is 13.9. The first-order chi connectivity index (χ1) is 15.8. The number of anilines is 1. The second-order valence-corrected chi connectivity index (χ2v) is 9.39. The van der Waals surface area contributed by atoms with Gasteiger partial charge in [-0.1, -0.05) is 15.9 Å². The second kappa shape index (κ2) is 7.76. The number of ether oxygens (including phenoxy) is 3. The van der Waals surface area contributed by atoms with Crippen LogP contribution in [-0.4, -0.2) is 48.7 Å². The topological polar surface area (TPSA) is 85.4 Å². The third-order valence-corrected chi connectivity index (χ3v) is 7.34. The second-order valence-electron chi connectivity index (χ2n) is 8.47. The van der Waals surface area contributed by atoms with Gasteiger partial charge in [0, 0.05) is 16.0 Å². The summed E-state index contributed by atoms with van der Waals surface area (Å²) in [6.45, 7) is 3.77. The Bertz CT molecular complexity index is 1150. The van der Waals surface area contributed by atoms with E-state index in [4.69, 9.17) is 14.2 Å². The number of methoxy groups -OCH3 is 1. The lowest BCUT2D eigenvalue weighted by molar-refractivity contribution is -0.154. The zero-order chi connectivity index (χ0) is 23.5. The number of rotatable bonds is 4. The molecule has 2 aromatic rings. The average Bonchev–Trinajstić information content (AvgIpc) is 3.19. The summed E-state index contributed by atoms with van der Waals surface area (Å²) in [5.41, 5.74) is -0.232. The van der Waals surface area contributed by atoms with E-state index in [9.17, 15) is 14.4 Å². The lowest BCUT2D eigenvalue weighted by Gasteiger charge is -2.34. The van der Waals surface area contributed by atoms with Crippen LogP contribution >= 0.6 is 15.9 Å². The van der Waals surface area contributed by atoms with E-state index in [1.807, 2.05) is 18.2 Å². The van der Waals surface area contributed by atoms with Gasteiger partial charge < -0.3 is 19.1 Å². The van der Waals surface area contributed by atoms with Crippen molar-refractivity contribution in [3.8, 4) is 11.5 Å². The predicted octanol–water partition coefficient (Wildman–Crippen LogP) is 3.93.